The van der Waals surface area contributed by atoms with Gasteiger partial charge in [-0.1, -0.05) is 6.07 Å². The molecule has 3 heterocycles. The van der Waals surface area contributed by atoms with E-state index in [1.807, 2.05) is 17.5 Å². The van der Waals surface area contributed by atoms with Gasteiger partial charge in [-0.3, -0.25) is 0 Å². The monoisotopic (exact) mass is 354 g/mol. The topological polar surface area (TPSA) is 135 Å². The molecule has 0 atom stereocenters. The highest BCUT2D eigenvalue weighted by Gasteiger charge is 2.18. The summed E-state index contributed by atoms with van der Waals surface area (Å²) in [5, 5.41) is 15.1. The number of rotatable bonds is 6. The molecule has 8 nitrogen and oxygen atoms in total. The lowest BCUT2D eigenvalue weighted by Gasteiger charge is -2.11. The maximum Gasteiger partial charge on any atom is 0.233 e. The van der Waals surface area contributed by atoms with Crippen LogP contribution < -0.4 is 21.8 Å². The Labute approximate surface area is 147 Å². The molecular weight excluding hydrogens is 340 g/mol. The van der Waals surface area contributed by atoms with Crippen LogP contribution in [0.1, 0.15) is 5.56 Å². The Balaban J connectivity index is 2.08. The minimum atomic E-state index is -0.0721. The van der Waals surface area contributed by atoms with E-state index < -0.39 is 0 Å². The molecule has 25 heavy (non-hydrogen) atoms. The Kier molecular flexibility index (Phi) is 4.94. The molecule has 0 saturated heterocycles. The lowest BCUT2D eigenvalue weighted by Crippen LogP contribution is -2.27. The number of aromatic nitrogens is 1. The number of nitrogens with one attached hydrogen (secondary N) is 1. The second kappa shape index (κ2) is 7.48. The minimum absolute atomic E-state index is 0.0721. The Morgan fingerprint density at radius 3 is 2.96 bits per heavy atom. The van der Waals surface area contributed by atoms with Crippen molar-refractivity contribution < 1.29 is 9.15 Å². The number of hydrazine groups is 1. The quantitative estimate of drug-likeness (QED) is 0.267. The number of thiophene rings is 1. The molecule has 3 rings (SSSR count). The number of hydrogen-bond acceptors (Lipinski definition) is 8. The maximum absolute atomic E-state index is 9.59. The molecule has 3 aromatic heterocycles. The number of furan rings is 1. The normalized spacial score (nSPS) is 11.1. The molecule has 0 spiro atoms. The average Bonchev–Trinajstić information content (AvgIpc) is 3.32. The number of nitrogens with two attached hydrogens (primary N) is 2. The number of nitriles is 1. The van der Waals surface area contributed by atoms with Crippen LogP contribution in [0.25, 0.3) is 21.9 Å². The predicted octanol–water partition coefficient (Wildman–Crippen LogP) is 2.06. The van der Waals surface area contributed by atoms with E-state index >= 15 is 0 Å². The third-order valence-corrected chi connectivity index (χ3v) is 4.12. The van der Waals surface area contributed by atoms with Gasteiger partial charge in [0.2, 0.25) is 5.88 Å². The molecule has 0 aliphatic carbocycles. The Morgan fingerprint density at radius 1 is 1.44 bits per heavy atom. The van der Waals surface area contributed by atoms with Gasteiger partial charge >= 0.3 is 0 Å². The largest absolute Gasteiger partial charge is 0.468 e. The molecule has 3 aromatic rings. The summed E-state index contributed by atoms with van der Waals surface area (Å²) in [6, 6.07) is 11.3. The van der Waals surface area contributed by atoms with Gasteiger partial charge in [0, 0.05) is 5.56 Å². The maximum atomic E-state index is 9.59. The summed E-state index contributed by atoms with van der Waals surface area (Å²) in [4.78, 5) is 5.39. The van der Waals surface area contributed by atoms with Gasteiger partial charge < -0.3 is 14.9 Å². The SMILES string of the molecule is N#Cc1c(-c2ccco2)cc(-c2cccs2)nc1OC/C(N)=N/NN. The third-order valence-electron chi connectivity index (χ3n) is 3.22. The lowest BCUT2D eigenvalue weighted by molar-refractivity contribution is 0.358. The number of amidine groups is 1. The smallest absolute Gasteiger partial charge is 0.233 e. The fourth-order valence-electron chi connectivity index (χ4n) is 2.17. The van der Waals surface area contributed by atoms with Gasteiger partial charge in [-0.2, -0.15) is 5.26 Å². The van der Waals surface area contributed by atoms with Crippen molar-refractivity contribution in [2.24, 2.45) is 16.7 Å². The van der Waals surface area contributed by atoms with Crippen LogP contribution in [0.5, 0.6) is 5.88 Å². The van der Waals surface area contributed by atoms with Crippen molar-refractivity contribution in [1.29, 1.82) is 5.26 Å². The van der Waals surface area contributed by atoms with E-state index in [1.54, 1.807) is 24.5 Å². The van der Waals surface area contributed by atoms with Crippen LogP contribution in [-0.4, -0.2) is 17.4 Å². The first-order valence-corrected chi connectivity index (χ1v) is 8.04. The molecule has 0 fully saturated rings. The van der Waals surface area contributed by atoms with E-state index in [2.05, 4.69) is 21.7 Å². The highest BCUT2D eigenvalue weighted by atomic mass is 32.1. The van der Waals surface area contributed by atoms with Gasteiger partial charge in [-0.25, -0.2) is 16.4 Å². The van der Waals surface area contributed by atoms with E-state index in [1.165, 1.54) is 11.3 Å². The molecule has 5 N–H and O–H groups in total. The summed E-state index contributed by atoms with van der Waals surface area (Å²) in [6.45, 7) is -0.0721. The molecule has 126 valence electrons. The first kappa shape index (κ1) is 16.5. The van der Waals surface area contributed by atoms with Crippen LogP contribution in [0.15, 0.2) is 51.5 Å². The van der Waals surface area contributed by atoms with Crippen molar-refractivity contribution in [3.8, 4) is 33.8 Å². The van der Waals surface area contributed by atoms with Gasteiger partial charge in [0.05, 0.1) is 16.8 Å². The van der Waals surface area contributed by atoms with E-state index in [4.69, 9.17) is 20.7 Å². The molecule has 0 unspecified atom stereocenters. The molecule has 0 aromatic carbocycles. The second-order valence-corrected chi connectivity index (χ2v) is 5.77. The number of hydrazone groups is 1. The number of pyridine rings is 1. The van der Waals surface area contributed by atoms with Gasteiger partial charge in [0.25, 0.3) is 0 Å². The van der Waals surface area contributed by atoms with E-state index in [0.717, 1.165) is 4.88 Å². The molecule has 9 heteroatoms. The van der Waals surface area contributed by atoms with Crippen molar-refractivity contribution in [2.45, 2.75) is 0 Å². The zero-order valence-corrected chi connectivity index (χ0v) is 13.8. The number of nitrogens with zero attached hydrogens (tertiary/aromatic N) is 3. The highest BCUT2D eigenvalue weighted by Crippen LogP contribution is 2.34. The minimum Gasteiger partial charge on any atom is -0.468 e. The van der Waals surface area contributed by atoms with E-state index in [0.29, 0.717) is 17.0 Å². The van der Waals surface area contributed by atoms with Crippen LogP contribution >= 0.6 is 11.3 Å². The third kappa shape index (κ3) is 3.60. The second-order valence-electron chi connectivity index (χ2n) is 4.82. The molecule has 0 bridgehead atoms. The first-order chi connectivity index (χ1) is 12.2. The van der Waals surface area contributed by atoms with Crippen molar-refractivity contribution in [3.05, 3.63) is 47.5 Å². The van der Waals surface area contributed by atoms with Crippen LogP contribution in [-0.2, 0) is 0 Å². The van der Waals surface area contributed by atoms with Gasteiger partial charge in [0.15, 0.2) is 5.84 Å². The lowest BCUT2D eigenvalue weighted by atomic mass is 10.1. The Hall–Kier alpha value is -3.35. The van der Waals surface area contributed by atoms with Crippen molar-refractivity contribution in [1.82, 2.24) is 10.5 Å². The molecular formula is C16H14N6O2S. The summed E-state index contributed by atoms with van der Waals surface area (Å²) in [6.07, 6.45) is 1.54. The number of ether oxygens (including phenoxy) is 1. The zero-order chi connectivity index (χ0) is 17.6. The predicted molar refractivity (Wildman–Crippen MR) is 94.4 cm³/mol. The average molecular weight is 354 g/mol. The van der Waals surface area contributed by atoms with Crippen LogP contribution in [0, 0.1) is 11.3 Å². The Morgan fingerprint density at radius 2 is 2.32 bits per heavy atom. The van der Waals surface area contributed by atoms with Crippen LogP contribution in [0.4, 0.5) is 0 Å². The molecule has 0 aliphatic heterocycles. The van der Waals surface area contributed by atoms with Crippen molar-refractivity contribution >= 4 is 17.2 Å². The summed E-state index contributed by atoms with van der Waals surface area (Å²) in [7, 11) is 0. The molecule has 0 radical (unpaired) electrons. The van der Waals surface area contributed by atoms with Crippen LogP contribution in [0.2, 0.25) is 0 Å². The highest BCUT2D eigenvalue weighted by molar-refractivity contribution is 7.13. The fourth-order valence-corrected chi connectivity index (χ4v) is 2.85. The first-order valence-electron chi connectivity index (χ1n) is 7.16. The zero-order valence-electron chi connectivity index (χ0n) is 13.0. The summed E-state index contributed by atoms with van der Waals surface area (Å²) < 4.78 is 11.0. The van der Waals surface area contributed by atoms with Gasteiger partial charge in [0.1, 0.15) is 24.0 Å². The summed E-state index contributed by atoms with van der Waals surface area (Å²) in [5.41, 5.74) is 9.24. The summed E-state index contributed by atoms with van der Waals surface area (Å²) in [5.74, 6) is 5.89. The van der Waals surface area contributed by atoms with E-state index in [9.17, 15) is 5.26 Å². The Bertz CT molecular complexity index is 913. The van der Waals surface area contributed by atoms with Gasteiger partial charge in [-0.15, -0.1) is 16.4 Å². The molecule has 0 amide bonds. The van der Waals surface area contributed by atoms with Crippen molar-refractivity contribution in [2.75, 3.05) is 6.61 Å². The molecule has 0 saturated carbocycles. The standard InChI is InChI=1S/C16H14N6O2S/c17-8-11-10(13-3-1-5-23-13)7-12(14-4-2-6-25-14)20-16(11)24-9-15(18)21-22-19/h1-7,22H,9,19H2,(H2,18,21). The fraction of sp³-hybridized carbons (Fsp3) is 0.0625. The van der Waals surface area contributed by atoms with Crippen LogP contribution in [0.3, 0.4) is 0 Å². The number of hydrogen-bond donors (Lipinski definition) is 3. The molecule has 0 aliphatic rings. The summed E-state index contributed by atoms with van der Waals surface area (Å²) >= 11 is 1.53. The van der Waals surface area contributed by atoms with Crippen molar-refractivity contribution in [3.63, 3.8) is 0 Å². The van der Waals surface area contributed by atoms with E-state index in [-0.39, 0.29) is 23.9 Å². The van der Waals surface area contributed by atoms with Gasteiger partial charge in [-0.05, 0) is 29.6 Å².